The molecule has 0 saturated heterocycles. The third-order valence-electron chi connectivity index (χ3n) is 1.78. The van der Waals surface area contributed by atoms with Gasteiger partial charge in [0.2, 0.25) is 5.88 Å². The summed E-state index contributed by atoms with van der Waals surface area (Å²) in [5.74, 6) is 0.205. The van der Waals surface area contributed by atoms with Crippen molar-refractivity contribution in [3.05, 3.63) is 27.8 Å². The Balaban J connectivity index is 2.96. The van der Waals surface area contributed by atoms with Gasteiger partial charge in [0.1, 0.15) is 10.5 Å². The van der Waals surface area contributed by atoms with Gasteiger partial charge < -0.3 is 4.74 Å². The fraction of sp³-hybridized carbons (Fsp3) is 0.125. The summed E-state index contributed by atoms with van der Waals surface area (Å²) in [6.07, 6.45) is 1.49. The van der Waals surface area contributed by atoms with Crippen LogP contribution in [0.25, 0.3) is 10.8 Å². The SMILES string of the molecule is COc1nc(Cl)cc2cn[nH]c(=O)c12. The molecule has 0 saturated carbocycles. The molecule has 72 valence electrons. The van der Waals surface area contributed by atoms with E-state index in [1.807, 2.05) is 0 Å². The molecule has 2 rings (SSSR count). The maximum absolute atomic E-state index is 11.4. The number of pyridine rings is 1. The van der Waals surface area contributed by atoms with Gasteiger partial charge >= 0.3 is 0 Å². The molecule has 0 radical (unpaired) electrons. The van der Waals surface area contributed by atoms with Crippen LogP contribution in [0.2, 0.25) is 5.15 Å². The molecule has 1 N–H and O–H groups in total. The molecular formula is C8H6ClN3O2. The van der Waals surface area contributed by atoms with Crippen LogP contribution >= 0.6 is 11.6 Å². The van der Waals surface area contributed by atoms with Crippen LogP contribution in [-0.4, -0.2) is 22.3 Å². The summed E-state index contributed by atoms with van der Waals surface area (Å²) >= 11 is 5.72. The first kappa shape index (κ1) is 8.96. The van der Waals surface area contributed by atoms with Crippen molar-refractivity contribution in [1.82, 2.24) is 15.2 Å². The zero-order valence-electron chi connectivity index (χ0n) is 7.24. The van der Waals surface area contributed by atoms with Gasteiger partial charge in [0, 0.05) is 5.39 Å². The average molecular weight is 212 g/mol. The largest absolute Gasteiger partial charge is 0.480 e. The molecule has 0 spiro atoms. The third-order valence-corrected chi connectivity index (χ3v) is 1.97. The lowest BCUT2D eigenvalue weighted by Crippen LogP contribution is -2.09. The Kier molecular flexibility index (Phi) is 2.09. The van der Waals surface area contributed by atoms with Crippen LogP contribution in [0, 0.1) is 0 Å². The maximum atomic E-state index is 11.4. The molecule has 0 aliphatic rings. The van der Waals surface area contributed by atoms with Crippen LogP contribution in [0.1, 0.15) is 0 Å². The summed E-state index contributed by atoms with van der Waals surface area (Å²) in [4.78, 5) is 15.3. The summed E-state index contributed by atoms with van der Waals surface area (Å²) < 4.78 is 4.95. The van der Waals surface area contributed by atoms with Gasteiger partial charge in [-0.3, -0.25) is 4.79 Å². The predicted molar refractivity (Wildman–Crippen MR) is 51.7 cm³/mol. The molecule has 0 aromatic carbocycles. The van der Waals surface area contributed by atoms with E-state index in [0.29, 0.717) is 10.8 Å². The van der Waals surface area contributed by atoms with E-state index in [-0.39, 0.29) is 16.6 Å². The maximum Gasteiger partial charge on any atom is 0.277 e. The Morgan fingerprint density at radius 1 is 1.57 bits per heavy atom. The van der Waals surface area contributed by atoms with Gasteiger partial charge in [0.05, 0.1) is 13.3 Å². The Morgan fingerprint density at radius 3 is 3.07 bits per heavy atom. The number of rotatable bonds is 1. The first-order chi connectivity index (χ1) is 6.72. The topological polar surface area (TPSA) is 67.9 Å². The second-order valence-electron chi connectivity index (χ2n) is 2.62. The molecule has 0 bridgehead atoms. The highest BCUT2D eigenvalue weighted by atomic mass is 35.5. The van der Waals surface area contributed by atoms with Crippen LogP contribution in [0.15, 0.2) is 17.1 Å². The van der Waals surface area contributed by atoms with E-state index in [4.69, 9.17) is 16.3 Å². The molecular weight excluding hydrogens is 206 g/mol. The van der Waals surface area contributed by atoms with E-state index in [1.165, 1.54) is 13.3 Å². The quantitative estimate of drug-likeness (QED) is 0.714. The summed E-state index contributed by atoms with van der Waals surface area (Å²) in [6.45, 7) is 0. The highest BCUT2D eigenvalue weighted by molar-refractivity contribution is 6.30. The van der Waals surface area contributed by atoms with E-state index in [9.17, 15) is 4.79 Å². The van der Waals surface area contributed by atoms with Crippen molar-refractivity contribution in [1.29, 1.82) is 0 Å². The van der Waals surface area contributed by atoms with E-state index in [0.717, 1.165) is 0 Å². The lowest BCUT2D eigenvalue weighted by atomic mass is 10.2. The predicted octanol–water partition coefficient (Wildman–Crippen LogP) is 0.980. The third kappa shape index (κ3) is 1.31. The minimum atomic E-state index is -0.344. The number of methoxy groups -OCH3 is 1. The van der Waals surface area contributed by atoms with E-state index in [2.05, 4.69) is 15.2 Å². The standard InChI is InChI=1S/C8H6ClN3O2/c1-14-8-6-4(2-5(9)11-8)3-10-12-7(6)13/h2-3H,1H3,(H,12,13). The van der Waals surface area contributed by atoms with Crippen molar-refractivity contribution in [3.8, 4) is 5.88 Å². The van der Waals surface area contributed by atoms with E-state index < -0.39 is 0 Å². The molecule has 0 aliphatic carbocycles. The lowest BCUT2D eigenvalue weighted by Gasteiger charge is -2.02. The fourth-order valence-electron chi connectivity index (χ4n) is 1.20. The highest BCUT2D eigenvalue weighted by Gasteiger charge is 2.08. The number of nitrogens with zero attached hydrogens (tertiary/aromatic N) is 2. The Labute approximate surface area is 83.7 Å². The molecule has 14 heavy (non-hydrogen) atoms. The van der Waals surface area contributed by atoms with Crippen LogP contribution in [0.3, 0.4) is 0 Å². The second-order valence-corrected chi connectivity index (χ2v) is 3.00. The fourth-order valence-corrected chi connectivity index (χ4v) is 1.40. The number of hydrogen-bond acceptors (Lipinski definition) is 4. The molecule has 0 fully saturated rings. The smallest absolute Gasteiger partial charge is 0.277 e. The summed E-state index contributed by atoms with van der Waals surface area (Å²) in [5, 5.41) is 7.17. The van der Waals surface area contributed by atoms with Crippen LogP contribution in [0.5, 0.6) is 5.88 Å². The van der Waals surface area contributed by atoms with Gasteiger partial charge in [0.25, 0.3) is 5.56 Å². The molecule has 2 heterocycles. The summed E-state index contributed by atoms with van der Waals surface area (Å²) in [7, 11) is 1.43. The molecule has 6 heteroatoms. The molecule has 2 aromatic heterocycles. The summed E-state index contributed by atoms with van der Waals surface area (Å²) in [5.41, 5.74) is -0.344. The zero-order chi connectivity index (χ0) is 10.1. The van der Waals surface area contributed by atoms with Crippen molar-refractivity contribution in [2.24, 2.45) is 0 Å². The minimum absolute atomic E-state index is 0.205. The van der Waals surface area contributed by atoms with Crippen LogP contribution in [0.4, 0.5) is 0 Å². The zero-order valence-corrected chi connectivity index (χ0v) is 8.00. The average Bonchev–Trinajstić information content (AvgIpc) is 2.16. The van der Waals surface area contributed by atoms with Gasteiger partial charge in [-0.15, -0.1) is 0 Å². The van der Waals surface area contributed by atoms with Gasteiger partial charge in [-0.25, -0.2) is 10.1 Å². The number of halogens is 1. The number of fused-ring (bicyclic) bond motifs is 1. The van der Waals surface area contributed by atoms with E-state index in [1.54, 1.807) is 6.07 Å². The van der Waals surface area contributed by atoms with Crippen molar-refractivity contribution in [2.45, 2.75) is 0 Å². The Morgan fingerprint density at radius 2 is 2.36 bits per heavy atom. The van der Waals surface area contributed by atoms with E-state index >= 15 is 0 Å². The number of hydrogen-bond donors (Lipinski definition) is 1. The second kappa shape index (κ2) is 3.26. The molecule has 0 amide bonds. The number of ether oxygens (including phenoxy) is 1. The first-order valence-corrected chi connectivity index (χ1v) is 4.18. The normalized spacial score (nSPS) is 10.4. The van der Waals surface area contributed by atoms with Crippen molar-refractivity contribution in [2.75, 3.05) is 7.11 Å². The monoisotopic (exact) mass is 211 g/mol. The first-order valence-electron chi connectivity index (χ1n) is 3.80. The molecule has 5 nitrogen and oxygen atoms in total. The molecule has 0 atom stereocenters. The van der Waals surface area contributed by atoms with Crippen molar-refractivity contribution in [3.63, 3.8) is 0 Å². The highest BCUT2D eigenvalue weighted by Crippen LogP contribution is 2.21. The van der Waals surface area contributed by atoms with Gasteiger partial charge in [0.15, 0.2) is 0 Å². The van der Waals surface area contributed by atoms with Crippen LogP contribution in [-0.2, 0) is 0 Å². The number of H-pyrrole nitrogens is 1. The van der Waals surface area contributed by atoms with Crippen molar-refractivity contribution < 1.29 is 4.74 Å². The number of nitrogens with one attached hydrogen (secondary N) is 1. The number of aromatic amines is 1. The Bertz CT molecular complexity index is 538. The molecule has 0 unspecified atom stereocenters. The van der Waals surface area contributed by atoms with Gasteiger partial charge in [-0.1, -0.05) is 11.6 Å². The number of aromatic nitrogens is 3. The van der Waals surface area contributed by atoms with Crippen molar-refractivity contribution >= 4 is 22.4 Å². The summed E-state index contributed by atoms with van der Waals surface area (Å²) in [6, 6.07) is 1.56. The van der Waals surface area contributed by atoms with Crippen LogP contribution < -0.4 is 10.3 Å². The molecule has 2 aromatic rings. The Hall–Kier alpha value is -1.62. The molecule has 0 aliphatic heterocycles. The van der Waals surface area contributed by atoms with Gasteiger partial charge in [-0.2, -0.15) is 5.10 Å². The minimum Gasteiger partial charge on any atom is -0.480 e. The lowest BCUT2D eigenvalue weighted by molar-refractivity contribution is 0.403. The van der Waals surface area contributed by atoms with Gasteiger partial charge in [-0.05, 0) is 6.07 Å².